The van der Waals surface area contributed by atoms with Gasteiger partial charge in [0.1, 0.15) is 0 Å². The van der Waals surface area contributed by atoms with E-state index in [4.69, 9.17) is 16.3 Å². The summed E-state index contributed by atoms with van der Waals surface area (Å²) in [7, 11) is 0. The third-order valence-corrected chi connectivity index (χ3v) is 3.66. The van der Waals surface area contributed by atoms with Gasteiger partial charge in [-0.1, -0.05) is 20.8 Å². The average Bonchev–Trinajstić information content (AvgIpc) is 2.15. The van der Waals surface area contributed by atoms with E-state index < -0.39 is 0 Å². The molecule has 1 nitrogen and oxygen atoms in total. The molecule has 0 spiro atoms. The van der Waals surface area contributed by atoms with Crippen molar-refractivity contribution in [3.63, 3.8) is 0 Å². The van der Waals surface area contributed by atoms with E-state index in [1.807, 2.05) is 11.8 Å². The fourth-order valence-corrected chi connectivity index (χ4v) is 2.03. The van der Waals surface area contributed by atoms with Crippen LogP contribution < -0.4 is 0 Å². The van der Waals surface area contributed by atoms with Gasteiger partial charge in [0.25, 0.3) is 0 Å². The Balaban J connectivity index is 2.99. The van der Waals surface area contributed by atoms with Crippen LogP contribution in [0.1, 0.15) is 27.2 Å². The molecular weight excluding hydrogens is 216 g/mol. The first-order chi connectivity index (χ1) is 6.66. The largest absolute Gasteiger partial charge is 0.381 e. The maximum absolute atomic E-state index is 5.70. The first-order valence-electron chi connectivity index (χ1n) is 5.38. The summed E-state index contributed by atoms with van der Waals surface area (Å²) in [4.78, 5) is 0. The molecule has 0 aliphatic rings. The molecule has 86 valence electrons. The Labute approximate surface area is 97.9 Å². The van der Waals surface area contributed by atoms with E-state index in [2.05, 4.69) is 20.8 Å². The molecule has 0 saturated carbocycles. The fourth-order valence-electron chi connectivity index (χ4n) is 0.868. The van der Waals surface area contributed by atoms with E-state index in [9.17, 15) is 0 Å². The summed E-state index contributed by atoms with van der Waals surface area (Å²) in [6.07, 6.45) is 1.17. The minimum atomic E-state index is 0.623. The highest BCUT2D eigenvalue weighted by atomic mass is 35.5. The SMILES string of the molecule is CC(C)CCOCCSCC(C)CCl. The zero-order chi connectivity index (χ0) is 10.8. The number of thioether (sulfide) groups is 1. The van der Waals surface area contributed by atoms with Crippen LogP contribution in [0.3, 0.4) is 0 Å². The number of hydrogen-bond donors (Lipinski definition) is 0. The Kier molecular flexibility index (Phi) is 10.6. The third kappa shape index (κ3) is 10.7. The van der Waals surface area contributed by atoms with E-state index >= 15 is 0 Å². The summed E-state index contributed by atoms with van der Waals surface area (Å²) in [5.41, 5.74) is 0. The van der Waals surface area contributed by atoms with Crippen molar-refractivity contribution in [3.8, 4) is 0 Å². The highest BCUT2D eigenvalue weighted by Gasteiger charge is 1.99. The van der Waals surface area contributed by atoms with Crippen LogP contribution in [0.4, 0.5) is 0 Å². The van der Waals surface area contributed by atoms with Gasteiger partial charge in [-0.3, -0.25) is 0 Å². The molecule has 0 aromatic carbocycles. The molecule has 3 heteroatoms. The molecule has 0 N–H and O–H groups in total. The molecule has 0 aliphatic heterocycles. The van der Waals surface area contributed by atoms with Gasteiger partial charge in [0.2, 0.25) is 0 Å². The summed E-state index contributed by atoms with van der Waals surface area (Å²) in [6, 6.07) is 0. The molecule has 14 heavy (non-hydrogen) atoms. The van der Waals surface area contributed by atoms with Gasteiger partial charge in [-0.25, -0.2) is 0 Å². The molecule has 0 fully saturated rings. The fraction of sp³-hybridized carbons (Fsp3) is 1.00. The Hall–Kier alpha value is 0.600. The second-order valence-electron chi connectivity index (χ2n) is 4.13. The summed E-state index contributed by atoms with van der Waals surface area (Å²) < 4.78 is 5.51. The van der Waals surface area contributed by atoms with Crippen molar-refractivity contribution in [2.75, 3.05) is 30.6 Å². The van der Waals surface area contributed by atoms with Crippen molar-refractivity contribution in [1.82, 2.24) is 0 Å². The van der Waals surface area contributed by atoms with E-state index in [-0.39, 0.29) is 0 Å². The van der Waals surface area contributed by atoms with Crippen molar-refractivity contribution in [1.29, 1.82) is 0 Å². The molecule has 0 aromatic heterocycles. The monoisotopic (exact) mass is 238 g/mol. The quantitative estimate of drug-likeness (QED) is 0.448. The second-order valence-corrected chi connectivity index (χ2v) is 5.59. The first kappa shape index (κ1) is 14.6. The van der Waals surface area contributed by atoms with Crippen LogP contribution in [-0.2, 0) is 4.74 Å². The van der Waals surface area contributed by atoms with Gasteiger partial charge in [-0.05, 0) is 24.0 Å². The van der Waals surface area contributed by atoms with Gasteiger partial charge in [0.05, 0.1) is 6.61 Å². The number of halogens is 1. The Morgan fingerprint density at radius 2 is 1.93 bits per heavy atom. The molecule has 0 saturated heterocycles. The zero-order valence-electron chi connectivity index (χ0n) is 9.59. The molecule has 0 aliphatic carbocycles. The van der Waals surface area contributed by atoms with Crippen molar-refractivity contribution >= 4 is 23.4 Å². The highest BCUT2D eigenvalue weighted by Crippen LogP contribution is 2.09. The standard InChI is InChI=1S/C11H23ClOS/c1-10(2)4-5-13-6-7-14-9-11(3)8-12/h10-11H,4-9H2,1-3H3. The zero-order valence-corrected chi connectivity index (χ0v) is 11.2. The molecule has 0 aromatic rings. The van der Waals surface area contributed by atoms with Crippen LogP contribution in [0.15, 0.2) is 0 Å². The molecule has 0 heterocycles. The Morgan fingerprint density at radius 3 is 2.50 bits per heavy atom. The minimum Gasteiger partial charge on any atom is -0.381 e. The highest BCUT2D eigenvalue weighted by molar-refractivity contribution is 7.99. The lowest BCUT2D eigenvalue weighted by atomic mass is 10.1. The lowest BCUT2D eigenvalue weighted by molar-refractivity contribution is 0.138. The van der Waals surface area contributed by atoms with Gasteiger partial charge < -0.3 is 4.74 Å². The molecule has 0 rings (SSSR count). The van der Waals surface area contributed by atoms with Crippen molar-refractivity contribution < 1.29 is 4.74 Å². The van der Waals surface area contributed by atoms with Crippen molar-refractivity contribution in [2.45, 2.75) is 27.2 Å². The average molecular weight is 239 g/mol. The van der Waals surface area contributed by atoms with E-state index in [1.165, 1.54) is 6.42 Å². The molecular formula is C11H23ClOS. The lowest BCUT2D eigenvalue weighted by Crippen LogP contribution is -2.05. The van der Waals surface area contributed by atoms with Crippen molar-refractivity contribution in [2.24, 2.45) is 11.8 Å². The number of hydrogen-bond acceptors (Lipinski definition) is 2. The maximum Gasteiger partial charge on any atom is 0.0556 e. The molecule has 1 unspecified atom stereocenters. The molecule has 1 atom stereocenters. The lowest BCUT2D eigenvalue weighted by Gasteiger charge is -2.08. The molecule has 0 amide bonds. The van der Waals surface area contributed by atoms with E-state index in [1.54, 1.807) is 0 Å². The second kappa shape index (κ2) is 10.1. The molecule has 0 bridgehead atoms. The normalized spacial score (nSPS) is 13.5. The number of rotatable bonds is 9. The van der Waals surface area contributed by atoms with Crippen LogP contribution >= 0.6 is 23.4 Å². The minimum absolute atomic E-state index is 0.623. The van der Waals surface area contributed by atoms with E-state index in [0.29, 0.717) is 5.92 Å². The summed E-state index contributed by atoms with van der Waals surface area (Å²) in [5, 5.41) is 0. The summed E-state index contributed by atoms with van der Waals surface area (Å²) in [6.45, 7) is 8.41. The summed E-state index contributed by atoms with van der Waals surface area (Å²) in [5.74, 6) is 4.38. The van der Waals surface area contributed by atoms with Crippen LogP contribution in [0.2, 0.25) is 0 Å². The Bertz CT molecular complexity index is 120. The number of ether oxygens (including phenoxy) is 1. The molecule has 0 radical (unpaired) electrons. The Morgan fingerprint density at radius 1 is 1.21 bits per heavy atom. The smallest absolute Gasteiger partial charge is 0.0556 e. The van der Waals surface area contributed by atoms with Crippen LogP contribution in [0.25, 0.3) is 0 Å². The predicted octanol–water partition coefficient (Wildman–Crippen LogP) is 3.66. The van der Waals surface area contributed by atoms with Gasteiger partial charge in [-0.2, -0.15) is 11.8 Å². The van der Waals surface area contributed by atoms with Gasteiger partial charge in [-0.15, -0.1) is 11.6 Å². The van der Waals surface area contributed by atoms with Gasteiger partial charge in [0, 0.05) is 18.2 Å². The maximum atomic E-state index is 5.70. The topological polar surface area (TPSA) is 9.23 Å². The van der Waals surface area contributed by atoms with Gasteiger partial charge >= 0.3 is 0 Å². The van der Waals surface area contributed by atoms with Crippen LogP contribution in [0, 0.1) is 11.8 Å². The first-order valence-corrected chi connectivity index (χ1v) is 7.07. The number of alkyl halides is 1. The van der Waals surface area contributed by atoms with E-state index in [0.717, 1.165) is 36.5 Å². The summed E-state index contributed by atoms with van der Waals surface area (Å²) >= 11 is 7.64. The van der Waals surface area contributed by atoms with Crippen LogP contribution in [0.5, 0.6) is 0 Å². The van der Waals surface area contributed by atoms with Crippen LogP contribution in [-0.4, -0.2) is 30.6 Å². The third-order valence-electron chi connectivity index (χ3n) is 1.88. The van der Waals surface area contributed by atoms with Gasteiger partial charge in [0.15, 0.2) is 0 Å². The predicted molar refractivity (Wildman–Crippen MR) is 67.5 cm³/mol. The van der Waals surface area contributed by atoms with Crippen molar-refractivity contribution in [3.05, 3.63) is 0 Å².